The molecule has 90 valence electrons. The summed E-state index contributed by atoms with van der Waals surface area (Å²) in [4.78, 5) is 0. The second-order valence-electron chi connectivity index (χ2n) is 4.86. The predicted molar refractivity (Wildman–Crippen MR) is 62.2 cm³/mol. The van der Waals surface area contributed by atoms with E-state index in [-0.39, 0.29) is 5.60 Å². The Morgan fingerprint density at radius 3 is 2.80 bits per heavy atom. The van der Waals surface area contributed by atoms with Gasteiger partial charge in [0.2, 0.25) is 0 Å². The summed E-state index contributed by atoms with van der Waals surface area (Å²) in [6.07, 6.45) is 3.77. The average Bonchev–Trinajstić information content (AvgIpc) is 2.52. The number of rotatable bonds is 7. The Morgan fingerprint density at radius 1 is 1.40 bits per heavy atom. The van der Waals surface area contributed by atoms with Crippen molar-refractivity contribution in [2.75, 3.05) is 26.3 Å². The van der Waals surface area contributed by atoms with Gasteiger partial charge in [-0.15, -0.1) is 0 Å². The van der Waals surface area contributed by atoms with E-state index in [2.05, 4.69) is 26.1 Å². The van der Waals surface area contributed by atoms with Gasteiger partial charge in [-0.2, -0.15) is 0 Å². The quantitative estimate of drug-likeness (QED) is 0.659. The van der Waals surface area contributed by atoms with Gasteiger partial charge in [-0.1, -0.05) is 6.92 Å². The molecule has 1 aliphatic heterocycles. The summed E-state index contributed by atoms with van der Waals surface area (Å²) in [6, 6.07) is 0. The third-order valence-electron chi connectivity index (χ3n) is 2.71. The molecule has 1 aliphatic rings. The Morgan fingerprint density at radius 2 is 2.20 bits per heavy atom. The van der Waals surface area contributed by atoms with Gasteiger partial charge in [0, 0.05) is 6.54 Å². The van der Waals surface area contributed by atoms with E-state index in [0.29, 0.717) is 6.10 Å². The molecule has 0 radical (unpaired) electrons. The monoisotopic (exact) mass is 215 g/mol. The fourth-order valence-electron chi connectivity index (χ4n) is 1.86. The largest absolute Gasteiger partial charge is 0.377 e. The van der Waals surface area contributed by atoms with E-state index in [0.717, 1.165) is 39.1 Å². The van der Waals surface area contributed by atoms with Crippen LogP contribution < -0.4 is 5.32 Å². The zero-order chi connectivity index (χ0) is 11.1. The normalized spacial score (nSPS) is 24.6. The van der Waals surface area contributed by atoms with Crippen molar-refractivity contribution in [2.45, 2.75) is 51.7 Å². The summed E-state index contributed by atoms with van der Waals surface area (Å²) in [7, 11) is 0. The van der Waals surface area contributed by atoms with Gasteiger partial charge >= 0.3 is 0 Å². The molecular weight excluding hydrogens is 190 g/mol. The SMILES string of the molecule is CCCNCCOCC1CCC(C)(C)O1. The second-order valence-corrected chi connectivity index (χ2v) is 4.86. The molecule has 1 atom stereocenters. The molecule has 0 aromatic rings. The molecular formula is C12H25NO2. The molecule has 1 heterocycles. The highest BCUT2D eigenvalue weighted by atomic mass is 16.5. The fourth-order valence-corrected chi connectivity index (χ4v) is 1.86. The maximum absolute atomic E-state index is 5.83. The van der Waals surface area contributed by atoms with Crippen LogP contribution in [0.4, 0.5) is 0 Å². The van der Waals surface area contributed by atoms with E-state index in [9.17, 15) is 0 Å². The molecule has 0 spiro atoms. The van der Waals surface area contributed by atoms with Gasteiger partial charge in [0.15, 0.2) is 0 Å². The first kappa shape index (κ1) is 12.9. The van der Waals surface area contributed by atoms with Crippen molar-refractivity contribution in [3.8, 4) is 0 Å². The molecule has 0 bridgehead atoms. The second kappa shape index (κ2) is 6.46. The van der Waals surface area contributed by atoms with Crippen molar-refractivity contribution >= 4 is 0 Å². The Kier molecular flexibility index (Phi) is 5.58. The fraction of sp³-hybridized carbons (Fsp3) is 1.00. The van der Waals surface area contributed by atoms with Gasteiger partial charge in [-0.25, -0.2) is 0 Å². The van der Waals surface area contributed by atoms with Crippen molar-refractivity contribution in [1.82, 2.24) is 5.32 Å². The highest BCUT2D eigenvalue weighted by Gasteiger charge is 2.31. The molecule has 0 amide bonds. The number of ether oxygens (including phenoxy) is 2. The van der Waals surface area contributed by atoms with Crippen LogP contribution in [0.2, 0.25) is 0 Å². The summed E-state index contributed by atoms with van der Waals surface area (Å²) in [5.41, 5.74) is 0.0640. The van der Waals surface area contributed by atoms with Crippen molar-refractivity contribution in [2.24, 2.45) is 0 Å². The van der Waals surface area contributed by atoms with E-state index in [1.54, 1.807) is 0 Å². The summed E-state index contributed by atoms with van der Waals surface area (Å²) in [6.45, 7) is 10.0. The zero-order valence-corrected chi connectivity index (χ0v) is 10.3. The summed E-state index contributed by atoms with van der Waals surface area (Å²) >= 11 is 0. The van der Waals surface area contributed by atoms with Gasteiger partial charge in [0.25, 0.3) is 0 Å². The average molecular weight is 215 g/mol. The minimum atomic E-state index is 0.0640. The first-order valence-electron chi connectivity index (χ1n) is 6.10. The van der Waals surface area contributed by atoms with Gasteiger partial charge in [-0.3, -0.25) is 0 Å². The van der Waals surface area contributed by atoms with Crippen molar-refractivity contribution in [1.29, 1.82) is 0 Å². The Hall–Kier alpha value is -0.120. The first-order chi connectivity index (χ1) is 7.14. The summed E-state index contributed by atoms with van der Waals surface area (Å²) in [5.74, 6) is 0. The van der Waals surface area contributed by atoms with E-state index in [1.165, 1.54) is 6.42 Å². The van der Waals surface area contributed by atoms with Crippen LogP contribution in [0.3, 0.4) is 0 Å². The molecule has 1 fully saturated rings. The van der Waals surface area contributed by atoms with Gasteiger partial charge in [0.05, 0.1) is 24.9 Å². The molecule has 3 nitrogen and oxygen atoms in total. The number of hydrogen-bond acceptors (Lipinski definition) is 3. The molecule has 0 aromatic carbocycles. The summed E-state index contributed by atoms with van der Waals surface area (Å²) < 4.78 is 11.4. The maximum Gasteiger partial charge on any atom is 0.0816 e. The van der Waals surface area contributed by atoms with Crippen molar-refractivity contribution < 1.29 is 9.47 Å². The van der Waals surface area contributed by atoms with Gasteiger partial charge in [-0.05, 0) is 39.7 Å². The molecule has 15 heavy (non-hydrogen) atoms. The zero-order valence-electron chi connectivity index (χ0n) is 10.3. The van der Waals surface area contributed by atoms with E-state index in [1.807, 2.05) is 0 Å². The molecule has 1 rings (SSSR count). The third-order valence-corrected chi connectivity index (χ3v) is 2.71. The topological polar surface area (TPSA) is 30.5 Å². The van der Waals surface area contributed by atoms with E-state index in [4.69, 9.17) is 9.47 Å². The Bertz CT molecular complexity index is 171. The highest BCUT2D eigenvalue weighted by Crippen LogP contribution is 2.29. The molecule has 1 saturated heterocycles. The Balaban J connectivity index is 1.93. The smallest absolute Gasteiger partial charge is 0.0816 e. The van der Waals surface area contributed by atoms with Crippen LogP contribution >= 0.6 is 0 Å². The molecule has 0 saturated carbocycles. The predicted octanol–water partition coefficient (Wildman–Crippen LogP) is 1.96. The highest BCUT2D eigenvalue weighted by molar-refractivity contribution is 4.80. The summed E-state index contributed by atoms with van der Waals surface area (Å²) in [5, 5.41) is 3.31. The van der Waals surface area contributed by atoms with Crippen LogP contribution in [0.15, 0.2) is 0 Å². The van der Waals surface area contributed by atoms with Gasteiger partial charge in [0.1, 0.15) is 0 Å². The van der Waals surface area contributed by atoms with Crippen LogP contribution in [0, 0.1) is 0 Å². The number of hydrogen-bond donors (Lipinski definition) is 1. The minimum absolute atomic E-state index is 0.0640. The van der Waals surface area contributed by atoms with E-state index >= 15 is 0 Å². The number of nitrogens with one attached hydrogen (secondary N) is 1. The third kappa shape index (κ3) is 5.50. The molecule has 0 aromatic heterocycles. The minimum Gasteiger partial charge on any atom is -0.377 e. The van der Waals surface area contributed by atoms with Crippen LogP contribution in [0.25, 0.3) is 0 Å². The standard InChI is InChI=1S/C12H25NO2/c1-4-7-13-8-9-14-10-11-5-6-12(2,3)15-11/h11,13H,4-10H2,1-3H3. The first-order valence-corrected chi connectivity index (χ1v) is 6.10. The van der Waals surface area contributed by atoms with Crippen LogP contribution in [-0.2, 0) is 9.47 Å². The molecule has 1 unspecified atom stereocenters. The van der Waals surface area contributed by atoms with Crippen LogP contribution in [-0.4, -0.2) is 38.0 Å². The maximum atomic E-state index is 5.83. The van der Waals surface area contributed by atoms with E-state index < -0.39 is 0 Å². The molecule has 3 heteroatoms. The van der Waals surface area contributed by atoms with Gasteiger partial charge < -0.3 is 14.8 Å². The lowest BCUT2D eigenvalue weighted by atomic mass is 10.1. The molecule has 1 N–H and O–H groups in total. The lowest BCUT2D eigenvalue weighted by Crippen LogP contribution is -2.25. The van der Waals surface area contributed by atoms with Crippen molar-refractivity contribution in [3.05, 3.63) is 0 Å². The van der Waals surface area contributed by atoms with Crippen molar-refractivity contribution in [3.63, 3.8) is 0 Å². The van der Waals surface area contributed by atoms with Crippen LogP contribution in [0.1, 0.15) is 40.0 Å². The lowest BCUT2D eigenvalue weighted by molar-refractivity contribution is -0.0526. The lowest BCUT2D eigenvalue weighted by Gasteiger charge is -2.19. The molecule has 0 aliphatic carbocycles. The Labute approximate surface area is 93.5 Å². The van der Waals surface area contributed by atoms with Crippen LogP contribution in [0.5, 0.6) is 0 Å².